The van der Waals surface area contributed by atoms with Crippen LogP contribution in [0.15, 0.2) is 23.8 Å². The normalized spacial score (nSPS) is 9.20. The van der Waals surface area contributed by atoms with Gasteiger partial charge >= 0.3 is 0 Å². The molecule has 0 amide bonds. The Morgan fingerprint density at radius 3 is 2.90 bits per heavy atom. The Kier molecular flexibility index (Phi) is 1.53. The number of aromatic nitrogens is 2. The number of aliphatic hydroxyl groups is 1. The highest BCUT2D eigenvalue weighted by molar-refractivity contribution is 5.49. The minimum Gasteiger partial charge on any atom is -0.506 e. The SMILES string of the molecule is C=C(O)c1c[nH]c(=O)cn1. The van der Waals surface area contributed by atoms with Crippen LogP contribution in [0.3, 0.4) is 0 Å². The van der Waals surface area contributed by atoms with Gasteiger partial charge in [-0.2, -0.15) is 0 Å². The first-order chi connectivity index (χ1) is 4.70. The molecule has 0 aliphatic rings. The molecule has 0 aliphatic heterocycles. The van der Waals surface area contributed by atoms with Crippen LogP contribution in [0.25, 0.3) is 5.76 Å². The largest absolute Gasteiger partial charge is 0.506 e. The van der Waals surface area contributed by atoms with Gasteiger partial charge < -0.3 is 10.1 Å². The van der Waals surface area contributed by atoms with E-state index in [4.69, 9.17) is 5.11 Å². The third-order valence-corrected chi connectivity index (χ3v) is 0.968. The number of aliphatic hydroxyl groups excluding tert-OH is 1. The van der Waals surface area contributed by atoms with Gasteiger partial charge in [0, 0.05) is 6.20 Å². The molecule has 1 rings (SSSR count). The van der Waals surface area contributed by atoms with Crippen LogP contribution in [0.5, 0.6) is 0 Å². The zero-order chi connectivity index (χ0) is 7.56. The number of rotatable bonds is 1. The van der Waals surface area contributed by atoms with Crippen molar-refractivity contribution in [3.8, 4) is 0 Å². The molecule has 0 spiro atoms. The van der Waals surface area contributed by atoms with Crippen molar-refractivity contribution in [2.45, 2.75) is 0 Å². The second-order valence-corrected chi connectivity index (χ2v) is 1.74. The molecular weight excluding hydrogens is 132 g/mol. The lowest BCUT2D eigenvalue weighted by Crippen LogP contribution is -2.05. The Morgan fingerprint density at radius 2 is 2.50 bits per heavy atom. The van der Waals surface area contributed by atoms with E-state index in [9.17, 15) is 4.79 Å². The van der Waals surface area contributed by atoms with E-state index in [1.54, 1.807) is 0 Å². The number of hydrogen-bond donors (Lipinski definition) is 2. The van der Waals surface area contributed by atoms with Crippen molar-refractivity contribution in [2.24, 2.45) is 0 Å². The summed E-state index contributed by atoms with van der Waals surface area (Å²) in [4.78, 5) is 16.3. The van der Waals surface area contributed by atoms with Crippen LogP contribution in [0.1, 0.15) is 5.69 Å². The molecule has 0 aliphatic carbocycles. The Hall–Kier alpha value is -1.58. The minimum atomic E-state index is -0.301. The van der Waals surface area contributed by atoms with E-state index in [0.29, 0.717) is 0 Å². The molecular formula is C6H6N2O2. The van der Waals surface area contributed by atoms with E-state index in [-0.39, 0.29) is 17.0 Å². The maximum atomic E-state index is 10.4. The molecule has 0 atom stereocenters. The first-order valence-corrected chi connectivity index (χ1v) is 2.63. The predicted octanol–water partition coefficient (Wildman–Crippen LogP) is 0.299. The standard InChI is InChI=1S/C6H6N2O2/c1-4(9)5-2-8-6(10)3-7-5/h2-3,9H,1H2,(H,8,10). The van der Waals surface area contributed by atoms with Gasteiger partial charge in [0.25, 0.3) is 5.56 Å². The Balaban J connectivity index is 3.12. The molecule has 0 bridgehead atoms. The van der Waals surface area contributed by atoms with Gasteiger partial charge in [0.15, 0.2) is 0 Å². The van der Waals surface area contributed by atoms with Crippen molar-refractivity contribution < 1.29 is 5.11 Å². The Morgan fingerprint density at radius 1 is 1.80 bits per heavy atom. The molecule has 0 saturated heterocycles. The summed E-state index contributed by atoms with van der Waals surface area (Å²) in [6.07, 6.45) is 2.38. The Bertz CT molecular complexity index is 282. The number of aromatic amines is 1. The van der Waals surface area contributed by atoms with Gasteiger partial charge in [-0.1, -0.05) is 6.58 Å². The molecule has 1 aromatic rings. The van der Waals surface area contributed by atoms with E-state index in [0.717, 1.165) is 6.20 Å². The van der Waals surface area contributed by atoms with E-state index in [1.807, 2.05) is 0 Å². The first-order valence-electron chi connectivity index (χ1n) is 2.63. The van der Waals surface area contributed by atoms with Crippen LogP contribution in [-0.4, -0.2) is 15.1 Å². The molecule has 0 unspecified atom stereocenters. The van der Waals surface area contributed by atoms with Crippen molar-refractivity contribution in [1.29, 1.82) is 0 Å². The molecule has 0 aromatic carbocycles. The summed E-state index contributed by atoms with van der Waals surface area (Å²) in [6.45, 7) is 3.23. The van der Waals surface area contributed by atoms with Crippen molar-refractivity contribution in [2.75, 3.05) is 0 Å². The Labute approximate surface area is 56.9 Å². The summed E-state index contributed by atoms with van der Waals surface area (Å²) < 4.78 is 0. The van der Waals surface area contributed by atoms with E-state index in [1.165, 1.54) is 6.20 Å². The molecule has 0 saturated carbocycles. The second kappa shape index (κ2) is 2.34. The first kappa shape index (κ1) is 6.54. The van der Waals surface area contributed by atoms with Crippen molar-refractivity contribution in [1.82, 2.24) is 9.97 Å². The van der Waals surface area contributed by atoms with Gasteiger partial charge in [-0.05, 0) is 0 Å². The summed E-state index contributed by atoms with van der Waals surface area (Å²) in [6, 6.07) is 0. The molecule has 52 valence electrons. The maximum absolute atomic E-state index is 10.4. The van der Waals surface area contributed by atoms with E-state index in [2.05, 4.69) is 16.5 Å². The van der Waals surface area contributed by atoms with Crippen LogP contribution >= 0.6 is 0 Å². The molecule has 2 N–H and O–H groups in total. The third-order valence-electron chi connectivity index (χ3n) is 0.968. The van der Waals surface area contributed by atoms with Crippen LogP contribution < -0.4 is 5.56 Å². The van der Waals surface area contributed by atoms with Gasteiger partial charge in [0.1, 0.15) is 11.5 Å². The number of nitrogens with zero attached hydrogens (tertiary/aromatic N) is 1. The highest BCUT2D eigenvalue weighted by atomic mass is 16.3. The zero-order valence-electron chi connectivity index (χ0n) is 5.16. The number of hydrogen-bond acceptors (Lipinski definition) is 3. The minimum absolute atomic E-state index is 0.156. The quantitative estimate of drug-likeness (QED) is 0.548. The fourth-order valence-corrected chi connectivity index (χ4v) is 0.500. The van der Waals surface area contributed by atoms with Crippen LogP contribution in [0.4, 0.5) is 0 Å². The van der Waals surface area contributed by atoms with Crippen LogP contribution in [0.2, 0.25) is 0 Å². The molecule has 4 nitrogen and oxygen atoms in total. The fourth-order valence-electron chi connectivity index (χ4n) is 0.500. The lowest BCUT2D eigenvalue weighted by Gasteiger charge is -1.92. The molecule has 0 radical (unpaired) electrons. The lowest BCUT2D eigenvalue weighted by atomic mass is 10.4. The summed E-state index contributed by atoms with van der Waals surface area (Å²) in [5.41, 5.74) is -0.0235. The topological polar surface area (TPSA) is 66.0 Å². The summed E-state index contributed by atoms with van der Waals surface area (Å²) in [5.74, 6) is -0.156. The highest BCUT2D eigenvalue weighted by Crippen LogP contribution is 1.98. The molecule has 1 heterocycles. The van der Waals surface area contributed by atoms with Gasteiger partial charge in [-0.25, -0.2) is 4.98 Å². The average molecular weight is 138 g/mol. The number of nitrogens with one attached hydrogen (secondary N) is 1. The zero-order valence-corrected chi connectivity index (χ0v) is 5.16. The smallest absolute Gasteiger partial charge is 0.266 e. The summed E-state index contributed by atoms with van der Waals surface area (Å²) in [5, 5.41) is 8.74. The van der Waals surface area contributed by atoms with Gasteiger partial charge in [-0.3, -0.25) is 4.79 Å². The van der Waals surface area contributed by atoms with Crippen LogP contribution in [0, 0.1) is 0 Å². The van der Waals surface area contributed by atoms with Crippen LogP contribution in [-0.2, 0) is 0 Å². The summed E-state index contributed by atoms with van der Waals surface area (Å²) >= 11 is 0. The fraction of sp³-hybridized carbons (Fsp3) is 0. The molecule has 4 heteroatoms. The van der Waals surface area contributed by atoms with E-state index < -0.39 is 0 Å². The van der Waals surface area contributed by atoms with Crippen molar-refractivity contribution in [3.05, 3.63) is 35.0 Å². The lowest BCUT2D eigenvalue weighted by molar-refractivity contribution is 0.510. The van der Waals surface area contributed by atoms with Gasteiger partial charge in [0.2, 0.25) is 0 Å². The van der Waals surface area contributed by atoms with E-state index >= 15 is 0 Å². The molecule has 10 heavy (non-hydrogen) atoms. The van der Waals surface area contributed by atoms with Crippen molar-refractivity contribution >= 4 is 5.76 Å². The second-order valence-electron chi connectivity index (χ2n) is 1.74. The van der Waals surface area contributed by atoms with Gasteiger partial charge in [-0.15, -0.1) is 0 Å². The average Bonchev–Trinajstić information content (AvgIpc) is 1.88. The molecule has 1 aromatic heterocycles. The molecule has 0 fully saturated rings. The highest BCUT2D eigenvalue weighted by Gasteiger charge is 1.94. The third kappa shape index (κ3) is 1.22. The number of H-pyrrole nitrogens is 1. The predicted molar refractivity (Wildman–Crippen MR) is 36.5 cm³/mol. The maximum Gasteiger partial charge on any atom is 0.266 e. The summed E-state index contributed by atoms with van der Waals surface area (Å²) in [7, 11) is 0. The monoisotopic (exact) mass is 138 g/mol. The van der Waals surface area contributed by atoms with Gasteiger partial charge in [0.05, 0.1) is 6.20 Å². The van der Waals surface area contributed by atoms with Crippen molar-refractivity contribution in [3.63, 3.8) is 0 Å².